The lowest BCUT2D eigenvalue weighted by molar-refractivity contribution is -0.146. The zero-order valence-electron chi connectivity index (χ0n) is 16.1. The van der Waals surface area contributed by atoms with Crippen LogP contribution >= 0.6 is 11.3 Å². The molecule has 0 radical (unpaired) electrons. The molecule has 2 heterocycles. The van der Waals surface area contributed by atoms with E-state index in [9.17, 15) is 9.59 Å². The first-order valence-electron chi connectivity index (χ1n) is 9.72. The number of allylic oxidation sites excluding steroid dienone is 1. The lowest BCUT2D eigenvalue weighted by Gasteiger charge is -2.22. The van der Waals surface area contributed by atoms with E-state index >= 15 is 0 Å². The number of esters is 1. The lowest BCUT2D eigenvalue weighted by Crippen LogP contribution is -2.31. The SMILES string of the molecule is C=C1CC2COC(=O)C2(Cc2ccc(C(=O)NCCc3ccc(C)cc3)s2)C1. The van der Waals surface area contributed by atoms with Crippen molar-refractivity contribution in [3.05, 3.63) is 69.4 Å². The Kier molecular flexibility index (Phi) is 5.11. The second-order valence-electron chi connectivity index (χ2n) is 8.02. The largest absolute Gasteiger partial charge is 0.465 e. The first-order chi connectivity index (χ1) is 13.5. The minimum absolute atomic E-state index is 0.0535. The molecule has 1 N–H and O–H groups in total. The number of benzene rings is 1. The van der Waals surface area contributed by atoms with Crippen LogP contribution in [0, 0.1) is 18.3 Å². The summed E-state index contributed by atoms with van der Waals surface area (Å²) in [6, 6.07) is 12.2. The Balaban J connectivity index is 1.36. The van der Waals surface area contributed by atoms with Crippen LogP contribution in [0.15, 0.2) is 48.6 Å². The van der Waals surface area contributed by atoms with Crippen LogP contribution in [0.1, 0.15) is 38.5 Å². The van der Waals surface area contributed by atoms with E-state index in [0.717, 1.165) is 23.3 Å². The summed E-state index contributed by atoms with van der Waals surface area (Å²) >= 11 is 1.47. The van der Waals surface area contributed by atoms with E-state index in [4.69, 9.17) is 4.74 Å². The lowest BCUT2D eigenvalue weighted by atomic mass is 9.77. The maximum absolute atomic E-state index is 12.5. The minimum atomic E-state index is -0.471. The zero-order chi connectivity index (χ0) is 19.7. The van der Waals surface area contributed by atoms with Crippen LogP contribution in [0.25, 0.3) is 0 Å². The van der Waals surface area contributed by atoms with Gasteiger partial charge in [-0.15, -0.1) is 11.3 Å². The van der Waals surface area contributed by atoms with Crippen molar-refractivity contribution in [1.82, 2.24) is 5.32 Å². The van der Waals surface area contributed by atoms with Crippen molar-refractivity contribution in [3.63, 3.8) is 0 Å². The van der Waals surface area contributed by atoms with Gasteiger partial charge in [0.25, 0.3) is 5.91 Å². The van der Waals surface area contributed by atoms with E-state index in [-0.39, 0.29) is 17.8 Å². The highest BCUT2D eigenvalue weighted by Gasteiger charge is 2.56. The molecule has 0 bridgehead atoms. The normalized spacial score (nSPS) is 23.5. The number of amides is 1. The highest BCUT2D eigenvalue weighted by molar-refractivity contribution is 7.14. The van der Waals surface area contributed by atoms with E-state index < -0.39 is 5.41 Å². The van der Waals surface area contributed by atoms with Crippen LogP contribution in [0.3, 0.4) is 0 Å². The summed E-state index contributed by atoms with van der Waals surface area (Å²) in [6.07, 6.45) is 3.01. The van der Waals surface area contributed by atoms with Gasteiger partial charge < -0.3 is 10.1 Å². The summed E-state index contributed by atoms with van der Waals surface area (Å²) in [4.78, 5) is 26.7. The Bertz CT molecular complexity index is 914. The molecule has 4 nitrogen and oxygen atoms in total. The molecule has 146 valence electrons. The van der Waals surface area contributed by atoms with Gasteiger partial charge in [-0.05, 0) is 50.3 Å². The predicted octanol–water partition coefficient (Wildman–Crippen LogP) is 4.08. The summed E-state index contributed by atoms with van der Waals surface area (Å²) < 4.78 is 5.35. The molecule has 1 aromatic carbocycles. The van der Waals surface area contributed by atoms with E-state index in [1.807, 2.05) is 12.1 Å². The summed E-state index contributed by atoms with van der Waals surface area (Å²) in [7, 11) is 0. The fourth-order valence-electron chi connectivity index (χ4n) is 4.33. The standard InChI is InChI=1S/C23H25NO3S/c1-15-3-5-17(6-4-15)9-10-24-21(25)20-8-7-19(28-20)13-23-12-16(2)11-18(23)14-27-22(23)26/h3-8,18H,2,9-14H2,1H3,(H,24,25). The van der Waals surface area contributed by atoms with Crippen LogP contribution in [-0.2, 0) is 22.4 Å². The molecule has 2 atom stereocenters. The quantitative estimate of drug-likeness (QED) is 0.592. The molecular formula is C23H25NO3S. The molecule has 5 heteroatoms. The number of carbonyl (C=O) groups excluding carboxylic acids is 2. The van der Waals surface area contributed by atoms with Gasteiger partial charge in [0.1, 0.15) is 0 Å². The maximum Gasteiger partial charge on any atom is 0.313 e. The van der Waals surface area contributed by atoms with Crippen LogP contribution in [0.2, 0.25) is 0 Å². The van der Waals surface area contributed by atoms with E-state index in [1.54, 1.807) is 0 Å². The van der Waals surface area contributed by atoms with Crippen molar-refractivity contribution < 1.29 is 14.3 Å². The third kappa shape index (κ3) is 3.63. The molecule has 2 fully saturated rings. The van der Waals surface area contributed by atoms with Gasteiger partial charge in [0.05, 0.1) is 16.9 Å². The second kappa shape index (κ2) is 7.55. The number of fused-ring (bicyclic) bond motifs is 1. The van der Waals surface area contributed by atoms with Gasteiger partial charge in [-0.2, -0.15) is 0 Å². The number of carbonyl (C=O) groups is 2. The fraction of sp³-hybridized carbons (Fsp3) is 0.391. The van der Waals surface area contributed by atoms with Gasteiger partial charge in [-0.1, -0.05) is 42.0 Å². The molecule has 2 aliphatic rings. The summed E-state index contributed by atoms with van der Waals surface area (Å²) in [5.74, 6) is 0.0669. The third-order valence-corrected chi connectivity index (χ3v) is 6.98. The Hall–Kier alpha value is -2.40. The van der Waals surface area contributed by atoms with Gasteiger partial charge in [-0.25, -0.2) is 0 Å². The van der Waals surface area contributed by atoms with E-state index in [1.165, 1.54) is 22.5 Å². The molecule has 4 rings (SSSR count). The molecule has 1 aromatic heterocycles. The molecule has 1 saturated carbocycles. The number of thiophene rings is 1. The minimum Gasteiger partial charge on any atom is -0.465 e. The fourth-order valence-corrected chi connectivity index (χ4v) is 5.38. The first-order valence-corrected chi connectivity index (χ1v) is 10.5. The highest BCUT2D eigenvalue weighted by atomic mass is 32.1. The smallest absolute Gasteiger partial charge is 0.313 e. The van der Waals surface area contributed by atoms with Crippen molar-refractivity contribution >= 4 is 23.2 Å². The van der Waals surface area contributed by atoms with Gasteiger partial charge in [-0.3, -0.25) is 9.59 Å². The Morgan fingerprint density at radius 3 is 2.86 bits per heavy atom. The van der Waals surface area contributed by atoms with Gasteiger partial charge in [0.2, 0.25) is 0 Å². The number of cyclic esters (lactones) is 1. The molecule has 1 aliphatic heterocycles. The average molecular weight is 396 g/mol. The second-order valence-corrected chi connectivity index (χ2v) is 9.18. The van der Waals surface area contributed by atoms with Gasteiger partial charge in [0, 0.05) is 17.3 Å². The number of hydrogen-bond donors (Lipinski definition) is 1. The number of rotatable bonds is 6. The molecule has 2 aromatic rings. The van der Waals surface area contributed by atoms with E-state index in [2.05, 4.69) is 43.1 Å². The maximum atomic E-state index is 12.5. The summed E-state index contributed by atoms with van der Waals surface area (Å²) in [5, 5.41) is 3.00. The molecular weight excluding hydrogens is 370 g/mol. The molecule has 0 spiro atoms. The molecule has 2 unspecified atom stereocenters. The number of hydrogen-bond acceptors (Lipinski definition) is 4. The van der Waals surface area contributed by atoms with Crippen molar-refractivity contribution in [2.24, 2.45) is 11.3 Å². The Morgan fingerprint density at radius 2 is 2.07 bits per heavy atom. The average Bonchev–Trinajstić information content (AvgIpc) is 3.33. The highest BCUT2D eigenvalue weighted by Crippen LogP contribution is 2.52. The van der Waals surface area contributed by atoms with Crippen LogP contribution in [0.4, 0.5) is 0 Å². The van der Waals surface area contributed by atoms with Gasteiger partial charge >= 0.3 is 5.97 Å². The molecule has 1 amide bonds. The monoisotopic (exact) mass is 395 g/mol. The third-order valence-electron chi connectivity index (χ3n) is 5.90. The van der Waals surface area contributed by atoms with Gasteiger partial charge in [0.15, 0.2) is 0 Å². The number of nitrogens with one attached hydrogen (secondary N) is 1. The van der Waals surface area contributed by atoms with Crippen molar-refractivity contribution in [1.29, 1.82) is 0 Å². The Labute approximate surface area is 169 Å². The number of ether oxygens (including phenoxy) is 1. The Morgan fingerprint density at radius 1 is 1.29 bits per heavy atom. The first kappa shape index (κ1) is 18.9. The predicted molar refractivity (Wildman–Crippen MR) is 110 cm³/mol. The molecule has 1 saturated heterocycles. The van der Waals surface area contributed by atoms with Crippen molar-refractivity contribution in [3.8, 4) is 0 Å². The van der Waals surface area contributed by atoms with Crippen molar-refractivity contribution in [2.75, 3.05) is 13.2 Å². The topological polar surface area (TPSA) is 55.4 Å². The van der Waals surface area contributed by atoms with Crippen LogP contribution < -0.4 is 5.32 Å². The summed E-state index contributed by atoms with van der Waals surface area (Å²) in [6.45, 7) is 7.25. The summed E-state index contributed by atoms with van der Waals surface area (Å²) in [5.41, 5.74) is 3.11. The molecule has 28 heavy (non-hydrogen) atoms. The zero-order valence-corrected chi connectivity index (χ0v) is 16.9. The van der Waals surface area contributed by atoms with E-state index in [0.29, 0.717) is 30.9 Å². The van der Waals surface area contributed by atoms with Crippen molar-refractivity contribution in [2.45, 2.75) is 32.6 Å². The number of aryl methyl sites for hydroxylation is 1. The van der Waals surface area contributed by atoms with Crippen LogP contribution in [0.5, 0.6) is 0 Å². The molecule has 1 aliphatic carbocycles. The van der Waals surface area contributed by atoms with Crippen LogP contribution in [-0.4, -0.2) is 25.0 Å².